The molecule has 96 valence electrons. The molecular formula is C14H25N3. The molecule has 3 nitrogen and oxygen atoms in total. The number of rotatable bonds is 4. The van der Waals surface area contributed by atoms with Gasteiger partial charge in [0.2, 0.25) is 0 Å². The lowest BCUT2D eigenvalue weighted by Gasteiger charge is -2.25. The summed E-state index contributed by atoms with van der Waals surface area (Å²) in [6.45, 7) is 11.3. The lowest BCUT2D eigenvalue weighted by molar-refractivity contribution is 0.226. The summed E-state index contributed by atoms with van der Waals surface area (Å²) in [5.41, 5.74) is -0.152. The van der Waals surface area contributed by atoms with Crippen molar-refractivity contribution in [1.29, 1.82) is 5.26 Å². The third-order valence-electron chi connectivity index (χ3n) is 4.61. The van der Waals surface area contributed by atoms with E-state index in [1.807, 2.05) is 13.8 Å². The van der Waals surface area contributed by atoms with Crippen molar-refractivity contribution in [2.75, 3.05) is 26.2 Å². The van der Waals surface area contributed by atoms with E-state index in [1.54, 1.807) is 0 Å². The zero-order valence-electron chi connectivity index (χ0n) is 11.4. The first-order valence-corrected chi connectivity index (χ1v) is 6.89. The highest BCUT2D eigenvalue weighted by Crippen LogP contribution is 2.32. The topological polar surface area (TPSA) is 39.1 Å². The molecule has 1 N–H and O–H groups in total. The molecule has 3 atom stereocenters. The summed E-state index contributed by atoms with van der Waals surface area (Å²) in [4.78, 5) is 2.63. The van der Waals surface area contributed by atoms with E-state index in [1.165, 1.54) is 26.2 Å². The standard InChI is InChI=1S/C14H25N3/c1-11-13-8-16-7-12(13)9-17(11)6-4-5-14(2,3)10-15/h11-13,16H,4-9H2,1-3H3. The summed E-state index contributed by atoms with van der Waals surface area (Å²) in [5, 5.41) is 12.5. The first-order chi connectivity index (χ1) is 8.03. The number of hydrogen-bond acceptors (Lipinski definition) is 3. The first-order valence-electron chi connectivity index (χ1n) is 6.89. The summed E-state index contributed by atoms with van der Waals surface area (Å²) in [6.07, 6.45) is 2.16. The molecule has 2 aliphatic heterocycles. The molecular weight excluding hydrogens is 210 g/mol. The molecule has 0 aromatic heterocycles. The van der Waals surface area contributed by atoms with E-state index in [4.69, 9.17) is 5.26 Å². The second kappa shape index (κ2) is 4.96. The maximum atomic E-state index is 9.00. The van der Waals surface area contributed by atoms with E-state index in [2.05, 4.69) is 23.2 Å². The Morgan fingerprint density at radius 1 is 1.41 bits per heavy atom. The Bertz CT molecular complexity index is 305. The third-order valence-corrected chi connectivity index (χ3v) is 4.61. The van der Waals surface area contributed by atoms with Crippen LogP contribution in [0, 0.1) is 28.6 Å². The SMILES string of the molecule is CC1C2CNCC2CN1CCCC(C)(C)C#N. The number of nitriles is 1. The summed E-state index contributed by atoms with van der Waals surface area (Å²) in [7, 11) is 0. The molecule has 2 heterocycles. The molecule has 3 heteroatoms. The molecule has 3 unspecified atom stereocenters. The molecule has 2 saturated heterocycles. The second-order valence-electron chi connectivity index (χ2n) is 6.42. The van der Waals surface area contributed by atoms with Gasteiger partial charge in [-0.1, -0.05) is 0 Å². The lowest BCUT2D eigenvalue weighted by atomic mass is 9.90. The van der Waals surface area contributed by atoms with Crippen molar-refractivity contribution in [3.63, 3.8) is 0 Å². The van der Waals surface area contributed by atoms with E-state index in [0.717, 1.165) is 30.7 Å². The van der Waals surface area contributed by atoms with E-state index < -0.39 is 0 Å². The van der Waals surface area contributed by atoms with Gasteiger partial charge >= 0.3 is 0 Å². The van der Waals surface area contributed by atoms with Crippen molar-refractivity contribution in [2.45, 2.75) is 39.7 Å². The van der Waals surface area contributed by atoms with Crippen molar-refractivity contribution in [2.24, 2.45) is 17.3 Å². The molecule has 0 amide bonds. The Labute approximate surface area is 105 Å². The summed E-state index contributed by atoms with van der Waals surface area (Å²) >= 11 is 0. The number of nitrogens with one attached hydrogen (secondary N) is 1. The van der Waals surface area contributed by atoms with Gasteiger partial charge < -0.3 is 5.32 Å². The van der Waals surface area contributed by atoms with Crippen molar-refractivity contribution in [3.8, 4) is 6.07 Å². The zero-order valence-corrected chi connectivity index (χ0v) is 11.4. The smallest absolute Gasteiger partial charge is 0.0683 e. The van der Waals surface area contributed by atoms with Crippen molar-refractivity contribution in [1.82, 2.24) is 10.2 Å². The average molecular weight is 235 g/mol. The van der Waals surface area contributed by atoms with Crippen molar-refractivity contribution < 1.29 is 0 Å². The molecule has 17 heavy (non-hydrogen) atoms. The third kappa shape index (κ3) is 2.81. The first kappa shape index (κ1) is 12.9. The van der Waals surface area contributed by atoms with Crippen LogP contribution in [-0.4, -0.2) is 37.1 Å². The summed E-state index contributed by atoms with van der Waals surface area (Å²) in [5.74, 6) is 1.73. The van der Waals surface area contributed by atoms with Crippen molar-refractivity contribution in [3.05, 3.63) is 0 Å². The van der Waals surface area contributed by atoms with Crippen LogP contribution in [0.25, 0.3) is 0 Å². The molecule has 0 aliphatic carbocycles. The molecule has 2 fully saturated rings. The van der Waals surface area contributed by atoms with Gasteiger partial charge in [-0.2, -0.15) is 5.26 Å². The zero-order chi connectivity index (χ0) is 12.5. The maximum absolute atomic E-state index is 9.00. The van der Waals surface area contributed by atoms with Gasteiger partial charge in [0.25, 0.3) is 0 Å². The molecule has 0 spiro atoms. The van der Waals surface area contributed by atoms with Crippen LogP contribution < -0.4 is 5.32 Å². The normalized spacial score (nSPS) is 33.6. The van der Waals surface area contributed by atoms with E-state index >= 15 is 0 Å². The summed E-state index contributed by atoms with van der Waals surface area (Å²) < 4.78 is 0. The Kier molecular flexibility index (Phi) is 3.75. The maximum Gasteiger partial charge on any atom is 0.0683 e. The quantitative estimate of drug-likeness (QED) is 0.808. The van der Waals surface area contributed by atoms with Crippen LogP contribution in [0.4, 0.5) is 0 Å². The monoisotopic (exact) mass is 235 g/mol. The van der Waals surface area contributed by atoms with E-state index in [9.17, 15) is 0 Å². The predicted molar refractivity (Wildman–Crippen MR) is 69.5 cm³/mol. The highest BCUT2D eigenvalue weighted by Gasteiger charge is 2.41. The van der Waals surface area contributed by atoms with Gasteiger partial charge in [0.05, 0.1) is 11.5 Å². The van der Waals surface area contributed by atoms with Gasteiger partial charge in [0.1, 0.15) is 0 Å². The van der Waals surface area contributed by atoms with Gasteiger partial charge in [-0.15, -0.1) is 0 Å². The average Bonchev–Trinajstić information content (AvgIpc) is 2.84. The number of nitrogens with zero attached hydrogens (tertiary/aromatic N) is 2. The van der Waals surface area contributed by atoms with Crippen LogP contribution in [0.1, 0.15) is 33.6 Å². The number of fused-ring (bicyclic) bond motifs is 1. The highest BCUT2D eigenvalue weighted by atomic mass is 15.2. The number of likely N-dealkylation sites (tertiary alicyclic amines) is 1. The minimum Gasteiger partial charge on any atom is -0.316 e. The van der Waals surface area contributed by atoms with Crippen LogP contribution in [0.15, 0.2) is 0 Å². The second-order valence-corrected chi connectivity index (χ2v) is 6.42. The van der Waals surface area contributed by atoms with Crippen LogP contribution in [0.2, 0.25) is 0 Å². The summed E-state index contributed by atoms with van der Waals surface area (Å²) in [6, 6.07) is 3.11. The minimum absolute atomic E-state index is 0.152. The van der Waals surface area contributed by atoms with Gasteiger partial charge in [0, 0.05) is 12.6 Å². The lowest BCUT2D eigenvalue weighted by Crippen LogP contribution is -2.34. The Morgan fingerprint density at radius 3 is 2.82 bits per heavy atom. The Morgan fingerprint density at radius 2 is 2.18 bits per heavy atom. The fraction of sp³-hybridized carbons (Fsp3) is 0.929. The minimum atomic E-state index is -0.152. The van der Waals surface area contributed by atoms with Crippen LogP contribution in [0.3, 0.4) is 0 Å². The van der Waals surface area contributed by atoms with E-state index in [0.29, 0.717) is 0 Å². The Balaban J connectivity index is 1.76. The fourth-order valence-corrected chi connectivity index (χ4v) is 3.33. The van der Waals surface area contributed by atoms with E-state index in [-0.39, 0.29) is 5.41 Å². The molecule has 0 aromatic carbocycles. The van der Waals surface area contributed by atoms with Gasteiger partial charge in [-0.05, 0) is 65.1 Å². The van der Waals surface area contributed by atoms with Crippen LogP contribution in [-0.2, 0) is 0 Å². The molecule has 2 rings (SSSR count). The Hall–Kier alpha value is -0.590. The molecule has 0 aromatic rings. The number of hydrogen-bond donors (Lipinski definition) is 1. The fourth-order valence-electron chi connectivity index (χ4n) is 3.33. The molecule has 0 saturated carbocycles. The largest absolute Gasteiger partial charge is 0.316 e. The predicted octanol–water partition coefficient (Wildman–Crippen LogP) is 1.86. The van der Waals surface area contributed by atoms with Crippen LogP contribution >= 0.6 is 0 Å². The van der Waals surface area contributed by atoms with Crippen molar-refractivity contribution >= 4 is 0 Å². The molecule has 0 bridgehead atoms. The van der Waals surface area contributed by atoms with Gasteiger partial charge in [-0.25, -0.2) is 0 Å². The van der Waals surface area contributed by atoms with Crippen LogP contribution in [0.5, 0.6) is 0 Å². The van der Waals surface area contributed by atoms with Gasteiger partial charge in [-0.3, -0.25) is 4.90 Å². The molecule has 0 radical (unpaired) electrons. The van der Waals surface area contributed by atoms with Gasteiger partial charge in [0.15, 0.2) is 0 Å². The molecule has 2 aliphatic rings. The highest BCUT2D eigenvalue weighted by molar-refractivity contribution is 4.97.